The van der Waals surface area contributed by atoms with Gasteiger partial charge in [0.2, 0.25) is 0 Å². The monoisotopic (exact) mass is 429 g/mol. The van der Waals surface area contributed by atoms with Crippen molar-refractivity contribution >= 4 is 29.9 Å². The Morgan fingerprint density at radius 3 is 2.68 bits per heavy atom. The van der Waals surface area contributed by atoms with E-state index in [2.05, 4.69) is 27.5 Å². The number of nitrogens with one attached hydrogen (secondary N) is 2. The lowest BCUT2D eigenvalue weighted by molar-refractivity contribution is 0.0671. The van der Waals surface area contributed by atoms with E-state index in [4.69, 9.17) is 0 Å². The van der Waals surface area contributed by atoms with Crippen LogP contribution in [0.1, 0.15) is 51.9 Å². The molecule has 0 spiro atoms. The molecule has 5 nitrogen and oxygen atoms in total. The minimum atomic E-state index is -2.58. The smallest absolute Gasteiger partial charge is 0.319 e. The van der Waals surface area contributed by atoms with Crippen LogP contribution in [0, 0.1) is 0 Å². The fourth-order valence-corrected chi connectivity index (χ4v) is 1.89. The normalized spacial score (nSPS) is 11.4. The van der Waals surface area contributed by atoms with E-state index >= 15 is 0 Å². The molecular formula is C14H26F2IN5. The fourth-order valence-electron chi connectivity index (χ4n) is 1.89. The Bertz CT molecular complexity index is 423. The number of aromatic nitrogens is 2. The molecule has 1 aromatic rings. The predicted molar refractivity (Wildman–Crippen MR) is 95.9 cm³/mol. The van der Waals surface area contributed by atoms with Crippen molar-refractivity contribution in [3.8, 4) is 0 Å². The second-order valence-corrected chi connectivity index (χ2v) is 4.71. The summed E-state index contributed by atoms with van der Waals surface area (Å²) in [6.07, 6.45) is 7.30. The van der Waals surface area contributed by atoms with Gasteiger partial charge in [-0.1, -0.05) is 26.2 Å². The van der Waals surface area contributed by atoms with Crippen molar-refractivity contribution in [2.45, 2.75) is 52.6 Å². The molecule has 0 bridgehead atoms. The molecule has 0 unspecified atom stereocenters. The number of rotatable bonds is 9. The van der Waals surface area contributed by atoms with Crippen molar-refractivity contribution in [2.75, 3.05) is 13.1 Å². The summed E-state index contributed by atoms with van der Waals surface area (Å²) in [5.41, 5.74) is 0. The van der Waals surface area contributed by atoms with Crippen LogP contribution in [0.3, 0.4) is 0 Å². The van der Waals surface area contributed by atoms with Gasteiger partial charge in [-0.25, -0.2) is 9.98 Å². The lowest BCUT2D eigenvalue weighted by Crippen LogP contribution is -2.37. The van der Waals surface area contributed by atoms with Gasteiger partial charge in [0.15, 0.2) is 5.96 Å². The van der Waals surface area contributed by atoms with E-state index in [1.165, 1.54) is 31.7 Å². The van der Waals surface area contributed by atoms with E-state index in [9.17, 15) is 8.78 Å². The Balaban J connectivity index is 0.00000441. The third kappa shape index (κ3) is 7.90. The van der Waals surface area contributed by atoms with E-state index in [0.717, 1.165) is 24.1 Å². The molecule has 0 aliphatic carbocycles. The maximum atomic E-state index is 12.7. The zero-order valence-corrected chi connectivity index (χ0v) is 15.5. The van der Waals surface area contributed by atoms with Crippen molar-refractivity contribution in [2.24, 2.45) is 4.99 Å². The van der Waals surface area contributed by atoms with E-state index in [0.29, 0.717) is 5.96 Å². The van der Waals surface area contributed by atoms with Gasteiger partial charge in [0.05, 0.1) is 0 Å². The van der Waals surface area contributed by atoms with Crippen LogP contribution in [-0.2, 0) is 6.54 Å². The van der Waals surface area contributed by atoms with Gasteiger partial charge >= 0.3 is 6.55 Å². The summed E-state index contributed by atoms with van der Waals surface area (Å²) in [5.74, 6) is 0.894. The average molecular weight is 429 g/mol. The van der Waals surface area contributed by atoms with Gasteiger partial charge in [0.1, 0.15) is 12.4 Å². The van der Waals surface area contributed by atoms with Crippen LogP contribution in [0.4, 0.5) is 8.78 Å². The Kier molecular flexibility index (Phi) is 12.1. The van der Waals surface area contributed by atoms with Crippen LogP contribution in [0.5, 0.6) is 0 Å². The minimum absolute atomic E-state index is 0. The van der Waals surface area contributed by atoms with E-state index in [1.807, 2.05) is 6.92 Å². The molecule has 128 valence electrons. The first-order valence-electron chi connectivity index (χ1n) is 7.51. The number of unbranched alkanes of at least 4 members (excludes halogenated alkanes) is 3. The Labute approximate surface area is 148 Å². The highest BCUT2D eigenvalue weighted by Crippen LogP contribution is 2.12. The van der Waals surface area contributed by atoms with Crippen LogP contribution < -0.4 is 10.6 Å². The van der Waals surface area contributed by atoms with Gasteiger partial charge in [-0.05, 0) is 13.3 Å². The summed E-state index contributed by atoms with van der Waals surface area (Å²) in [4.78, 5) is 8.21. The summed E-state index contributed by atoms with van der Waals surface area (Å²) < 4.78 is 26.2. The molecular weight excluding hydrogens is 403 g/mol. The van der Waals surface area contributed by atoms with Gasteiger partial charge < -0.3 is 10.6 Å². The first-order valence-corrected chi connectivity index (χ1v) is 7.51. The molecule has 8 heteroatoms. The van der Waals surface area contributed by atoms with Crippen molar-refractivity contribution in [3.05, 3.63) is 18.2 Å². The molecule has 1 heterocycles. The summed E-state index contributed by atoms with van der Waals surface area (Å²) in [6.45, 7) is 3.24. The second-order valence-electron chi connectivity index (χ2n) is 4.71. The van der Waals surface area contributed by atoms with Crippen molar-refractivity contribution < 1.29 is 8.78 Å². The second kappa shape index (κ2) is 12.6. The van der Waals surface area contributed by atoms with Crippen LogP contribution >= 0.6 is 24.0 Å². The highest BCUT2D eigenvalue weighted by atomic mass is 127. The standard InChI is InChI=1S/C14H25F2N5.HI/c1-3-5-6-7-8-19-14(17-4-2)20-11-12-18-9-10-21(12)13(15)16;/h9-10,13H,3-8,11H2,1-2H3,(H2,17,19,20);1H. The number of aliphatic imine (C=N–C) groups is 1. The van der Waals surface area contributed by atoms with Crippen LogP contribution in [0.15, 0.2) is 17.4 Å². The maximum absolute atomic E-state index is 12.7. The van der Waals surface area contributed by atoms with Crippen LogP contribution in [0.25, 0.3) is 0 Å². The van der Waals surface area contributed by atoms with Gasteiger partial charge in [0, 0.05) is 25.5 Å². The number of halogens is 3. The maximum Gasteiger partial charge on any atom is 0.319 e. The summed E-state index contributed by atoms with van der Waals surface area (Å²) in [6, 6.07) is 0. The molecule has 1 rings (SSSR count). The van der Waals surface area contributed by atoms with E-state index in [-0.39, 0.29) is 36.3 Å². The Morgan fingerprint density at radius 1 is 1.27 bits per heavy atom. The van der Waals surface area contributed by atoms with E-state index in [1.54, 1.807) is 0 Å². The van der Waals surface area contributed by atoms with E-state index < -0.39 is 6.55 Å². The molecule has 0 radical (unpaired) electrons. The highest BCUT2D eigenvalue weighted by Gasteiger charge is 2.10. The third-order valence-corrected chi connectivity index (χ3v) is 3.00. The van der Waals surface area contributed by atoms with Crippen LogP contribution in [0.2, 0.25) is 0 Å². The zero-order valence-electron chi connectivity index (χ0n) is 13.2. The highest BCUT2D eigenvalue weighted by molar-refractivity contribution is 14.0. The first-order chi connectivity index (χ1) is 10.2. The molecule has 0 aromatic carbocycles. The molecule has 0 saturated carbocycles. The molecule has 1 aromatic heterocycles. The lowest BCUT2D eigenvalue weighted by Gasteiger charge is -2.11. The van der Waals surface area contributed by atoms with Gasteiger partial charge in [-0.15, -0.1) is 24.0 Å². The van der Waals surface area contributed by atoms with Crippen LogP contribution in [-0.4, -0.2) is 28.6 Å². The third-order valence-electron chi connectivity index (χ3n) is 3.00. The number of alkyl halides is 2. The fraction of sp³-hybridized carbons (Fsp3) is 0.714. The average Bonchev–Trinajstić information content (AvgIpc) is 2.93. The summed E-state index contributed by atoms with van der Waals surface area (Å²) in [5, 5.41) is 6.30. The quantitative estimate of drug-likeness (QED) is 0.273. The molecule has 0 amide bonds. The first kappa shape index (κ1) is 21.1. The van der Waals surface area contributed by atoms with Crippen molar-refractivity contribution in [1.29, 1.82) is 0 Å². The number of hydrogen-bond acceptors (Lipinski definition) is 2. The largest absolute Gasteiger partial charge is 0.357 e. The lowest BCUT2D eigenvalue weighted by atomic mass is 10.2. The molecule has 0 aliphatic heterocycles. The molecule has 0 aliphatic rings. The Hall–Kier alpha value is -0.930. The topological polar surface area (TPSA) is 54.2 Å². The van der Waals surface area contributed by atoms with Gasteiger partial charge in [-0.3, -0.25) is 4.57 Å². The molecule has 0 atom stereocenters. The summed E-state index contributed by atoms with van der Waals surface area (Å²) >= 11 is 0. The predicted octanol–water partition coefficient (Wildman–Crippen LogP) is 3.53. The van der Waals surface area contributed by atoms with Crippen molar-refractivity contribution in [3.63, 3.8) is 0 Å². The minimum Gasteiger partial charge on any atom is -0.357 e. The number of hydrogen-bond donors (Lipinski definition) is 2. The molecule has 0 fully saturated rings. The number of imidazole rings is 1. The Morgan fingerprint density at radius 2 is 2.05 bits per heavy atom. The number of nitrogens with zero attached hydrogens (tertiary/aromatic N) is 3. The molecule has 0 saturated heterocycles. The zero-order chi connectivity index (χ0) is 15.5. The van der Waals surface area contributed by atoms with Gasteiger partial charge in [-0.2, -0.15) is 8.78 Å². The van der Waals surface area contributed by atoms with Gasteiger partial charge in [0.25, 0.3) is 0 Å². The number of guanidine groups is 1. The summed E-state index contributed by atoms with van der Waals surface area (Å²) in [7, 11) is 0. The van der Waals surface area contributed by atoms with Crippen molar-refractivity contribution in [1.82, 2.24) is 20.2 Å². The molecule has 2 N–H and O–H groups in total. The SMILES string of the molecule is CCCCCCNC(=NCc1nccn1C(F)F)NCC.I. The molecule has 22 heavy (non-hydrogen) atoms.